The molecule has 0 radical (unpaired) electrons. The van der Waals surface area contributed by atoms with E-state index in [-0.39, 0.29) is 0 Å². The van der Waals surface area contributed by atoms with Gasteiger partial charge in [-0.2, -0.15) is 0 Å². The van der Waals surface area contributed by atoms with E-state index in [9.17, 15) is 4.79 Å². The number of benzene rings is 1. The van der Waals surface area contributed by atoms with Gasteiger partial charge in [0.2, 0.25) is 0 Å². The molecule has 0 saturated heterocycles. The molecule has 1 aromatic carbocycles. The standard InChI is InChI=1S/C10H10N2O2S/c1-4-3-5(2)7-8(6(4)9(13)14)15-10(11)12-7/h3H,1-2H3,(H2,11,12)(H,13,14). The van der Waals surface area contributed by atoms with Crippen LogP contribution in [-0.2, 0) is 0 Å². The van der Waals surface area contributed by atoms with Crippen LogP contribution in [0.25, 0.3) is 10.2 Å². The summed E-state index contributed by atoms with van der Waals surface area (Å²) >= 11 is 1.22. The van der Waals surface area contributed by atoms with Gasteiger partial charge in [-0.3, -0.25) is 0 Å². The molecular formula is C10H10N2O2S. The van der Waals surface area contributed by atoms with E-state index < -0.39 is 5.97 Å². The lowest BCUT2D eigenvalue weighted by Crippen LogP contribution is -2.00. The van der Waals surface area contributed by atoms with Gasteiger partial charge in [-0.15, -0.1) is 0 Å². The summed E-state index contributed by atoms with van der Waals surface area (Å²) in [6, 6.07) is 1.82. The highest BCUT2D eigenvalue weighted by molar-refractivity contribution is 7.22. The van der Waals surface area contributed by atoms with Crippen molar-refractivity contribution in [3.63, 3.8) is 0 Å². The summed E-state index contributed by atoms with van der Waals surface area (Å²) in [5.41, 5.74) is 8.30. The van der Waals surface area contributed by atoms with E-state index in [0.29, 0.717) is 20.9 Å². The lowest BCUT2D eigenvalue weighted by Gasteiger charge is -2.03. The maximum Gasteiger partial charge on any atom is 0.337 e. The Labute approximate surface area is 90.4 Å². The number of nitrogens with zero attached hydrogens (tertiary/aromatic N) is 1. The first-order chi connectivity index (χ1) is 7.00. The summed E-state index contributed by atoms with van der Waals surface area (Å²) in [6.07, 6.45) is 0. The summed E-state index contributed by atoms with van der Waals surface area (Å²) in [6.45, 7) is 3.69. The minimum atomic E-state index is -0.929. The Morgan fingerprint density at radius 1 is 1.47 bits per heavy atom. The maximum absolute atomic E-state index is 11.1. The Morgan fingerprint density at radius 2 is 2.13 bits per heavy atom. The molecule has 0 aliphatic carbocycles. The van der Waals surface area contributed by atoms with E-state index >= 15 is 0 Å². The zero-order valence-corrected chi connectivity index (χ0v) is 9.18. The molecule has 0 amide bonds. The van der Waals surface area contributed by atoms with Crippen molar-refractivity contribution < 1.29 is 9.90 Å². The van der Waals surface area contributed by atoms with Crippen LogP contribution < -0.4 is 5.73 Å². The zero-order valence-electron chi connectivity index (χ0n) is 8.37. The quantitative estimate of drug-likeness (QED) is 0.775. The third-order valence-electron chi connectivity index (χ3n) is 2.29. The lowest BCUT2D eigenvalue weighted by molar-refractivity contribution is 0.0698. The SMILES string of the molecule is Cc1cc(C)c2nc(N)sc2c1C(=O)O. The van der Waals surface area contributed by atoms with Crippen LogP contribution in [0.1, 0.15) is 21.5 Å². The van der Waals surface area contributed by atoms with Gasteiger partial charge in [0, 0.05) is 0 Å². The molecule has 78 valence electrons. The van der Waals surface area contributed by atoms with E-state index in [1.54, 1.807) is 6.92 Å². The number of carbonyl (C=O) groups is 1. The Morgan fingerprint density at radius 3 is 2.73 bits per heavy atom. The first-order valence-electron chi connectivity index (χ1n) is 4.40. The summed E-state index contributed by atoms with van der Waals surface area (Å²) in [5, 5.41) is 9.51. The van der Waals surface area contributed by atoms with Crippen LogP contribution in [0.15, 0.2) is 6.07 Å². The van der Waals surface area contributed by atoms with E-state index in [1.807, 2.05) is 13.0 Å². The number of thiazole rings is 1. The molecular weight excluding hydrogens is 212 g/mol. The van der Waals surface area contributed by atoms with Crippen LogP contribution in [0.2, 0.25) is 0 Å². The predicted molar refractivity (Wildman–Crippen MR) is 60.5 cm³/mol. The van der Waals surface area contributed by atoms with Crippen LogP contribution >= 0.6 is 11.3 Å². The van der Waals surface area contributed by atoms with Gasteiger partial charge in [-0.1, -0.05) is 17.4 Å². The molecule has 0 fully saturated rings. The van der Waals surface area contributed by atoms with Crippen LogP contribution in [0.4, 0.5) is 5.13 Å². The second-order valence-corrected chi connectivity index (χ2v) is 4.45. The van der Waals surface area contributed by atoms with Gasteiger partial charge in [0.1, 0.15) is 0 Å². The van der Waals surface area contributed by atoms with Crippen LogP contribution in [0, 0.1) is 13.8 Å². The third-order valence-corrected chi connectivity index (χ3v) is 3.19. The third kappa shape index (κ3) is 1.45. The van der Waals surface area contributed by atoms with Crippen molar-refractivity contribution in [2.45, 2.75) is 13.8 Å². The second-order valence-electron chi connectivity index (χ2n) is 3.42. The van der Waals surface area contributed by atoms with E-state index in [0.717, 1.165) is 11.1 Å². The van der Waals surface area contributed by atoms with Crippen molar-refractivity contribution in [3.8, 4) is 0 Å². The van der Waals surface area contributed by atoms with Gasteiger partial charge in [0.05, 0.1) is 15.8 Å². The number of carboxylic acids is 1. The normalized spacial score (nSPS) is 10.8. The Bertz CT molecular complexity index is 560. The maximum atomic E-state index is 11.1. The number of rotatable bonds is 1. The fraction of sp³-hybridized carbons (Fsp3) is 0.200. The molecule has 0 saturated carbocycles. The van der Waals surface area contributed by atoms with Crippen molar-refractivity contribution in [1.29, 1.82) is 0 Å². The number of aryl methyl sites for hydroxylation is 2. The topological polar surface area (TPSA) is 76.2 Å². The lowest BCUT2D eigenvalue weighted by atomic mass is 10.0. The minimum Gasteiger partial charge on any atom is -0.478 e. The molecule has 0 aliphatic rings. The number of anilines is 1. The van der Waals surface area contributed by atoms with Crippen LogP contribution in [0.5, 0.6) is 0 Å². The van der Waals surface area contributed by atoms with Gasteiger partial charge in [0.15, 0.2) is 5.13 Å². The summed E-state index contributed by atoms with van der Waals surface area (Å²) in [5.74, 6) is -0.929. The van der Waals surface area contributed by atoms with E-state index in [4.69, 9.17) is 10.8 Å². The average molecular weight is 222 g/mol. The van der Waals surface area contributed by atoms with E-state index in [1.165, 1.54) is 11.3 Å². The zero-order chi connectivity index (χ0) is 11.2. The monoisotopic (exact) mass is 222 g/mol. The molecule has 3 N–H and O–H groups in total. The molecule has 0 aliphatic heterocycles. The van der Waals surface area contributed by atoms with Gasteiger partial charge in [-0.25, -0.2) is 9.78 Å². The molecule has 0 atom stereocenters. The first-order valence-corrected chi connectivity index (χ1v) is 5.22. The van der Waals surface area contributed by atoms with Gasteiger partial charge < -0.3 is 10.8 Å². The Hall–Kier alpha value is -1.62. The number of nitrogen functional groups attached to an aromatic ring is 1. The predicted octanol–water partition coefficient (Wildman–Crippen LogP) is 2.19. The smallest absolute Gasteiger partial charge is 0.337 e. The molecule has 1 aromatic heterocycles. The number of aromatic carboxylic acids is 1. The fourth-order valence-electron chi connectivity index (χ4n) is 1.68. The van der Waals surface area contributed by atoms with Gasteiger partial charge >= 0.3 is 5.97 Å². The number of nitrogens with two attached hydrogens (primary N) is 1. The average Bonchev–Trinajstić information content (AvgIpc) is 2.45. The molecule has 2 aromatic rings. The largest absolute Gasteiger partial charge is 0.478 e. The molecule has 4 nitrogen and oxygen atoms in total. The van der Waals surface area contributed by atoms with Crippen molar-refractivity contribution in [2.75, 3.05) is 5.73 Å². The van der Waals surface area contributed by atoms with Gasteiger partial charge in [-0.05, 0) is 25.0 Å². The molecule has 1 heterocycles. The van der Waals surface area contributed by atoms with Crippen molar-refractivity contribution in [3.05, 3.63) is 22.8 Å². The van der Waals surface area contributed by atoms with Crippen LogP contribution in [0.3, 0.4) is 0 Å². The summed E-state index contributed by atoms with van der Waals surface area (Å²) < 4.78 is 0.664. The van der Waals surface area contributed by atoms with E-state index in [2.05, 4.69) is 4.98 Å². The number of aromatic nitrogens is 1. The number of fused-ring (bicyclic) bond motifs is 1. The van der Waals surface area contributed by atoms with Crippen LogP contribution in [-0.4, -0.2) is 16.1 Å². The summed E-state index contributed by atoms with van der Waals surface area (Å²) in [4.78, 5) is 15.2. The number of hydrogen-bond donors (Lipinski definition) is 2. The van der Waals surface area contributed by atoms with Gasteiger partial charge in [0.25, 0.3) is 0 Å². The Kier molecular flexibility index (Phi) is 2.12. The molecule has 2 rings (SSSR count). The fourth-order valence-corrected chi connectivity index (χ4v) is 2.68. The highest BCUT2D eigenvalue weighted by Crippen LogP contribution is 2.31. The first kappa shape index (κ1) is 9.92. The number of hydrogen-bond acceptors (Lipinski definition) is 4. The molecule has 0 spiro atoms. The highest BCUT2D eigenvalue weighted by atomic mass is 32.1. The molecule has 0 bridgehead atoms. The Balaban J connectivity index is 2.95. The second kappa shape index (κ2) is 3.20. The van der Waals surface area contributed by atoms with Crippen molar-refractivity contribution in [2.24, 2.45) is 0 Å². The van der Waals surface area contributed by atoms with Crippen molar-refractivity contribution in [1.82, 2.24) is 4.98 Å². The molecule has 0 unspecified atom stereocenters. The highest BCUT2D eigenvalue weighted by Gasteiger charge is 2.17. The minimum absolute atomic E-state index is 0.310. The summed E-state index contributed by atoms with van der Waals surface area (Å²) in [7, 11) is 0. The van der Waals surface area contributed by atoms with Crippen molar-refractivity contribution >= 4 is 32.7 Å². The molecule has 5 heteroatoms. The number of carboxylic acid groups (broad SMARTS) is 1. The molecule has 15 heavy (non-hydrogen) atoms.